The number of carbonyl (C=O) groups is 1. The van der Waals surface area contributed by atoms with E-state index in [2.05, 4.69) is 4.74 Å². The maximum absolute atomic E-state index is 12.8. The molecule has 28 heavy (non-hydrogen) atoms. The highest BCUT2D eigenvalue weighted by Crippen LogP contribution is 2.29. The first-order valence-corrected chi connectivity index (χ1v) is 8.72. The molecule has 0 aromatic heterocycles. The number of nitrogens with two attached hydrogens (primary N) is 1. The largest absolute Gasteiger partial charge is 0.428 e. The molecular weight excluding hydrogens is 367 g/mol. The molecule has 144 valence electrons. The van der Waals surface area contributed by atoms with Gasteiger partial charge in [-0.1, -0.05) is 24.3 Å². The lowest BCUT2D eigenvalue weighted by Crippen LogP contribution is -2.12. The molecular formula is C22H18F3NO2. The van der Waals surface area contributed by atoms with Crippen LogP contribution < -0.4 is 10.5 Å². The van der Waals surface area contributed by atoms with Crippen molar-refractivity contribution in [3.8, 4) is 5.75 Å². The van der Waals surface area contributed by atoms with Gasteiger partial charge in [0.15, 0.2) is 5.78 Å². The number of hydrogen-bond donors (Lipinski definition) is 1. The van der Waals surface area contributed by atoms with Crippen LogP contribution in [0.4, 0.5) is 18.9 Å². The van der Waals surface area contributed by atoms with Crippen molar-refractivity contribution in [3.63, 3.8) is 0 Å². The van der Waals surface area contributed by atoms with Gasteiger partial charge in [-0.25, -0.2) is 0 Å². The first kappa shape index (κ1) is 19.5. The molecule has 0 spiro atoms. The van der Waals surface area contributed by atoms with Crippen LogP contribution in [0.5, 0.6) is 5.75 Å². The lowest BCUT2D eigenvalue weighted by atomic mass is 9.87. The van der Waals surface area contributed by atoms with Gasteiger partial charge >= 0.3 is 12.1 Å². The zero-order valence-corrected chi connectivity index (χ0v) is 14.9. The Hall–Kier alpha value is -3.28. The van der Waals surface area contributed by atoms with E-state index < -0.39 is 12.1 Å². The van der Waals surface area contributed by atoms with Crippen LogP contribution in [0, 0.1) is 0 Å². The summed E-state index contributed by atoms with van der Waals surface area (Å²) < 4.78 is 41.4. The number of allylic oxidation sites excluding steroid dienone is 2. The molecule has 0 unspecified atom stereocenters. The summed E-state index contributed by atoms with van der Waals surface area (Å²) in [6, 6.07) is 11.3. The summed E-state index contributed by atoms with van der Waals surface area (Å²) in [7, 11) is 0. The molecule has 2 aromatic rings. The summed E-state index contributed by atoms with van der Waals surface area (Å²) in [4.78, 5) is 12.8. The zero-order chi connectivity index (χ0) is 20.1. The predicted octanol–water partition coefficient (Wildman–Crippen LogP) is 5.90. The summed E-state index contributed by atoms with van der Waals surface area (Å²) in [6.45, 7) is 0. The highest BCUT2D eigenvalue weighted by atomic mass is 19.3. The normalized spacial score (nSPS) is 17.0. The van der Waals surface area contributed by atoms with E-state index in [9.17, 15) is 18.0 Å². The molecule has 0 bridgehead atoms. The highest BCUT2D eigenvalue weighted by molar-refractivity contribution is 6.13. The lowest BCUT2D eigenvalue weighted by molar-refractivity contribution is -0.112. The standard InChI is InChI=1S/C22H18F3NO2/c23-21(24)22(25)28-19-10-6-15(7-11-19)13-17-3-1-2-16(20(17)27)12-14-4-8-18(26)9-5-14/h4-13H,1-3,26H2/b16-12-,17-13+. The van der Waals surface area contributed by atoms with Crippen LogP contribution in [0.25, 0.3) is 12.2 Å². The first-order valence-electron chi connectivity index (χ1n) is 8.72. The van der Waals surface area contributed by atoms with Crippen molar-refractivity contribution in [2.75, 3.05) is 5.73 Å². The van der Waals surface area contributed by atoms with E-state index >= 15 is 0 Å². The summed E-state index contributed by atoms with van der Waals surface area (Å²) in [5.41, 5.74) is 9.36. The Morgan fingerprint density at radius 1 is 0.857 bits per heavy atom. The van der Waals surface area contributed by atoms with Crippen LogP contribution in [-0.2, 0) is 4.79 Å². The fourth-order valence-corrected chi connectivity index (χ4v) is 2.95. The average Bonchev–Trinajstić information content (AvgIpc) is 2.68. The van der Waals surface area contributed by atoms with Gasteiger partial charge in [-0.3, -0.25) is 4.79 Å². The predicted molar refractivity (Wildman–Crippen MR) is 103 cm³/mol. The third kappa shape index (κ3) is 4.91. The Morgan fingerprint density at radius 2 is 1.36 bits per heavy atom. The van der Waals surface area contributed by atoms with E-state index in [1.165, 1.54) is 12.1 Å². The monoisotopic (exact) mass is 385 g/mol. The molecule has 1 aliphatic rings. The van der Waals surface area contributed by atoms with Gasteiger partial charge in [-0.05, 0) is 66.8 Å². The van der Waals surface area contributed by atoms with E-state index in [1.54, 1.807) is 30.3 Å². The molecule has 0 saturated heterocycles. The molecule has 2 aromatic carbocycles. The highest BCUT2D eigenvalue weighted by Gasteiger charge is 2.20. The number of anilines is 1. The van der Waals surface area contributed by atoms with Gasteiger partial charge in [0, 0.05) is 16.8 Å². The Balaban J connectivity index is 1.77. The van der Waals surface area contributed by atoms with Crippen molar-refractivity contribution < 1.29 is 22.7 Å². The van der Waals surface area contributed by atoms with Crippen molar-refractivity contribution in [1.82, 2.24) is 0 Å². The fourth-order valence-electron chi connectivity index (χ4n) is 2.95. The van der Waals surface area contributed by atoms with Gasteiger partial charge in [0.05, 0.1) is 0 Å². The summed E-state index contributed by atoms with van der Waals surface area (Å²) in [5.74, 6) is -0.0664. The zero-order valence-electron chi connectivity index (χ0n) is 14.9. The second kappa shape index (κ2) is 8.61. The second-order valence-corrected chi connectivity index (χ2v) is 6.39. The minimum atomic E-state index is -2.51. The molecule has 3 rings (SSSR count). The Labute approximate surface area is 160 Å². The molecule has 0 heterocycles. The third-order valence-electron chi connectivity index (χ3n) is 4.33. The average molecular weight is 385 g/mol. The van der Waals surface area contributed by atoms with Crippen LogP contribution >= 0.6 is 0 Å². The van der Waals surface area contributed by atoms with E-state index in [-0.39, 0.29) is 11.5 Å². The van der Waals surface area contributed by atoms with Crippen molar-refractivity contribution in [3.05, 3.63) is 82.9 Å². The molecule has 0 radical (unpaired) electrons. The summed E-state index contributed by atoms with van der Waals surface area (Å²) in [5, 5.41) is 0. The van der Waals surface area contributed by atoms with Crippen molar-refractivity contribution in [1.29, 1.82) is 0 Å². The molecule has 1 aliphatic carbocycles. The maximum Gasteiger partial charge on any atom is 0.344 e. The first-order chi connectivity index (χ1) is 13.4. The smallest absolute Gasteiger partial charge is 0.344 e. The van der Waals surface area contributed by atoms with Crippen LogP contribution in [0.15, 0.2) is 71.8 Å². The lowest BCUT2D eigenvalue weighted by Gasteiger charge is -2.16. The molecule has 0 amide bonds. The number of Topliss-reactive ketones (excluding diaryl/α,β-unsaturated/α-hetero) is 1. The minimum Gasteiger partial charge on any atom is -0.428 e. The van der Waals surface area contributed by atoms with Crippen molar-refractivity contribution in [2.45, 2.75) is 19.3 Å². The Morgan fingerprint density at radius 3 is 1.86 bits per heavy atom. The molecule has 1 saturated carbocycles. The number of rotatable bonds is 4. The summed E-state index contributed by atoms with van der Waals surface area (Å²) in [6.07, 6.45) is 3.31. The van der Waals surface area contributed by atoms with E-state index in [0.717, 1.165) is 17.6 Å². The molecule has 3 nitrogen and oxygen atoms in total. The van der Waals surface area contributed by atoms with Crippen LogP contribution in [0.2, 0.25) is 0 Å². The number of ether oxygens (including phenoxy) is 1. The molecule has 0 aliphatic heterocycles. The molecule has 6 heteroatoms. The second-order valence-electron chi connectivity index (χ2n) is 6.39. The topological polar surface area (TPSA) is 52.3 Å². The van der Waals surface area contributed by atoms with E-state index in [0.29, 0.717) is 29.7 Å². The van der Waals surface area contributed by atoms with Crippen LogP contribution in [-0.4, -0.2) is 5.78 Å². The number of halogens is 3. The molecule has 0 atom stereocenters. The van der Waals surface area contributed by atoms with Gasteiger partial charge in [0.2, 0.25) is 0 Å². The van der Waals surface area contributed by atoms with Crippen molar-refractivity contribution in [2.24, 2.45) is 0 Å². The van der Waals surface area contributed by atoms with Crippen molar-refractivity contribution >= 4 is 23.6 Å². The van der Waals surface area contributed by atoms with Gasteiger partial charge in [-0.2, -0.15) is 13.2 Å². The Bertz CT molecular complexity index is 954. The third-order valence-corrected chi connectivity index (χ3v) is 4.33. The Kier molecular flexibility index (Phi) is 5.99. The number of benzene rings is 2. The van der Waals surface area contributed by atoms with Gasteiger partial charge in [-0.15, -0.1) is 0 Å². The van der Waals surface area contributed by atoms with Crippen LogP contribution in [0.1, 0.15) is 30.4 Å². The van der Waals surface area contributed by atoms with E-state index in [1.807, 2.05) is 18.2 Å². The number of hydrogen-bond acceptors (Lipinski definition) is 3. The van der Waals surface area contributed by atoms with Gasteiger partial charge in [0.1, 0.15) is 5.75 Å². The number of carbonyl (C=O) groups excluding carboxylic acids is 1. The van der Waals surface area contributed by atoms with Crippen LogP contribution in [0.3, 0.4) is 0 Å². The summed E-state index contributed by atoms with van der Waals surface area (Å²) >= 11 is 0. The van der Waals surface area contributed by atoms with Gasteiger partial charge in [0.25, 0.3) is 0 Å². The minimum absolute atomic E-state index is 0.0168. The molecule has 2 N–H and O–H groups in total. The fraction of sp³-hybridized carbons (Fsp3) is 0.136. The number of ketones is 1. The maximum atomic E-state index is 12.8. The molecule has 1 fully saturated rings. The van der Waals surface area contributed by atoms with Gasteiger partial charge < -0.3 is 10.5 Å². The SMILES string of the molecule is Nc1ccc(/C=C2/CCC/C(=C\c3ccc(OC(F)=C(F)F)cc3)C2=O)cc1. The van der Waals surface area contributed by atoms with E-state index in [4.69, 9.17) is 5.73 Å². The number of nitrogen functional groups attached to an aromatic ring is 1. The quantitative estimate of drug-likeness (QED) is 0.405.